The Morgan fingerprint density at radius 3 is 2.79 bits per heavy atom. The third-order valence-corrected chi connectivity index (χ3v) is 5.77. The Bertz CT molecular complexity index is 1430. The molecule has 4 aromatic rings. The lowest BCUT2D eigenvalue weighted by atomic mass is 10.1. The van der Waals surface area contributed by atoms with Gasteiger partial charge in [-0.25, -0.2) is 0 Å². The zero-order valence-electron chi connectivity index (χ0n) is 18.1. The summed E-state index contributed by atoms with van der Waals surface area (Å²) in [5, 5.41) is 13.4. The molecule has 10 heteroatoms. The molecule has 2 fully saturated rings. The number of benzene rings is 1. The Balaban J connectivity index is 1.34. The Labute approximate surface area is 194 Å². The highest BCUT2D eigenvalue weighted by Gasteiger charge is 2.26. The fourth-order valence-corrected chi connectivity index (χ4v) is 3.91. The van der Waals surface area contributed by atoms with Gasteiger partial charge in [0.05, 0.1) is 18.9 Å². The Morgan fingerprint density at radius 1 is 1.15 bits per heavy atom. The number of furan rings is 1. The molecule has 0 radical (unpaired) electrons. The van der Waals surface area contributed by atoms with Gasteiger partial charge in [-0.1, -0.05) is 24.3 Å². The van der Waals surface area contributed by atoms with Gasteiger partial charge in [0, 0.05) is 29.3 Å². The molecular weight excluding hydrogens is 434 g/mol. The average molecular weight is 455 g/mol. The summed E-state index contributed by atoms with van der Waals surface area (Å²) in [4.78, 5) is 32.9. The van der Waals surface area contributed by atoms with E-state index in [1.807, 2.05) is 36.4 Å². The van der Waals surface area contributed by atoms with Crippen LogP contribution in [0.2, 0.25) is 0 Å². The zero-order chi connectivity index (χ0) is 23.1. The predicted molar refractivity (Wildman–Crippen MR) is 125 cm³/mol. The first-order valence-corrected chi connectivity index (χ1v) is 11.1. The van der Waals surface area contributed by atoms with Crippen LogP contribution in [-0.4, -0.2) is 37.4 Å². The molecule has 34 heavy (non-hydrogen) atoms. The average Bonchev–Trinajstić information content (AvgIpc) is 3.20. The van der Waals surface area contributed by atoms with Gasteiger partial charge in [-0.05, 0) is 36.6 Å². The van der Waals surface area contributed by atoms with E-state index in [0.717, 1.165) is 29.7 Å². The van der Waals surface area contributed by atoms with Crippen LogP contribution in [0.25, 0.3) is 23.0 Å². The second-order valence-corrected chi connectivity index (χ2v) is 8.34. The highest BCUT2D eigenvalue weighted by molar-refractivity contribution is 6.15. The van der Waals surface area contributed by atoms with Gasteiger partial charge in [0.15, 0.2) is 5.65 Å². The van der Waals surface area contributed by atoms with Gasteiger partial charge in [0.1, 0.15) is 5.76 Å². The maximum atomic E-state index is 12.0. The summed E-state index contributed by atoms with van der Waals surface area (Å²) in [6.45, 7) is 0.484. The Morgan fingerprint density at radius 2 is 2.03 bits per heavy atom. The van der Waals surface area contributed by atoms with E-state index in [2.05, 4.69) is 31.0 Å². The van der Waals surface area contributed by atoms with Crippen molar-refractivity contribution in [3.8, 4) is 11.3 Å². The van der Waals surface area contributed by atoms with Crippen molar-refractivity contribution in [3.05, 3.63) is 65.6 Å². The van der Waals surface area contributed by atoms with Crippen LogP contribution in [0.5, 0.6) is 0 Å². The third-order valence-electron chi connectivity index (χ3n) is 5.77. The van der Waals surface area contributed by atoms with Crippen LogP contribution in [0.1, 0.15) is 30.4 Å². The van der Waals surface area contributed by atoms with Crippen LogP contribution >= 0.6 is 0 Å². The van der Waals surface area contributed by atoms with Gasteiger partial charge in [-0.15, -0.1) is 0 Å². The van der Waals surface area contributed by atoms with Crippen LogP contribution in [0.3, 0.4) is 0 Å². The van der Waals surface area contributed by atoms with Gasteiger partial charge in [0.25, 0.3) is 5.91 Å². The largest absolute Gasteiger partial charge is 0.464 e. The van der Waals surface area contributed by atoms with Crippen molar-refractivity contribution >= 4 is 35.4 Å². The second-order valence-electron chi connectivity index (χ2n) is 8.34. The smallest absolute Gasteiger partial charge is 0.254 e. The van der Waals surface area contributed by atoms with Crippen molar-refractivity contribution < 1.29 is 14.0 Å². The standard InChI is InChI=1S/C24H21N7O3/c32-20-11-15(22(33)28-20)10-16-13-26-31-21(16)29-23(30-24(31)27-17-7-8-17)25-12-14-4-1-2-5-18(14)19-6-3-9-34-19/h1-6,9-10,13,17H,7-8,11-12H2,(H,28,32,33)(H2,25,27,29,30)/b15-10+. The zero-order valence-corrected chi connectivity index (χ0v) is 18.1. The van der Waals surface area contributed by atoms with E-state index in [4.69, 9.17) is 4.42 Å². The molecule has 1 aliphatic heterocycles. The van der Waals surface area contributed by atoms with Crippen molar-refractivity contribution in [2.45, 2.75) is 31.8 Å². The van der Waals surface area contributed by atoms with Crippen molar-refractivity contribution in [1.29, 1.82) is 0 Å². The van der Waals surface area contributed by atoms with Crippen LogP contribution in [0, 0.1) is 0 Å². The van der Waals surface area contributed by atoms with Gasteiger partial charge in [0.2, 0.25) is 17.8 Å². The molecule has 4 heterocycles. The molecule has 3 N–H and O–H groups in total. The molecule has 10 nitrogen and oxygen atoms in total. The first-order chi connectivity index (χ1) is 16.6. The summed E-state index contributed by atoms with van der Waals surface area (Å²) >= 11 is 0. The molecule has 0 unspecified atom stereocenters. The summed E-state index contributed by atoms with van der Waals surface area (Å²) in [5.41, 5.74) is 3.59. The fraction of sp³-hybridized carbons (Fsp3) is 0.208. The van der Waals surface area contributed by atoms with Crippen LogP contribution in [-0.2, 0) is 16.1 Å². The number of aromatic nitrogens is 4. The summed E-state index contributed by atoms with van der Waals surface area (Å²) < 4.78 is 7.21. The third kappa shape index (κ3) is 3.90. The quantitative estimate of drug-likeness (QED) is 0.287. The minimum absolute atomic E-state index is 0.0448. The molecule has 1 aliphatic carbocycles. The summed E-state index contributed by atoms with van der Waals surface area (Å²) in [5.74, 6) is 1.10. The maximum absolute atomic E-state index is 12.0. The minimum Gasteiger partial charge on any atom is -0.464 e. The molecular formula is C24H21N7O3. The SMILES string of the molecule is O=C1C/C(=C\c2cnn3c(NC4CC4)nc(NCc4ccccc4-c4ccco4)nc23)C(=O)N1. The molecule has 1 saturated heterocycles. The molecule has 0 atom stereocenters. The topological polar surface area (TPSA) is 126 Å². The molecule has 2 aliphatic rings. The van der Waals surface area contributed by atoms with E-state index in [1.54, 1.807) is 23.1 Å². The minimum atomic E-state index is -0.386. The van der Waals surface area contributed by atoms with E-state index >= 15 is 0 Å². The van der Waals surface area contributed by atoms with Crippen molar-refractivity contribution in [2.24, 2.45) is 0 Å². The number of carbonyl (C=O) groups is 2. The Kier molecular flexibility index (Phi) is 4.83. The molecule has 0 bridgehead atoms. The van der Waals surface area contributed by atoms with E-state index < -0.39 is 0 Å². The van der Waals surface area contributed by atoms with E-state index in [1.165, 1.54) is 0 Å². The van der Waals surface area contributed by atoms with Gasteiger partial charge < -0.3 is 15.1 Å². The van der Waals surface area contributed by atoms with Crippen molar-refractivity contribution in [1.82, 2.24) is 24.9 Å². The van der Waals surface area contributed by atoms with Crippen LogP contribution in [0.4, 0.5) is 11.9 Å². The molecule has 0 spiro atoms. The monoisotopic (exact) mass is 455 g/mol. The molecule has 3 aromatic heterocycles. The van der Waals surface area contributed by atoms with Crippen LogP contribution in [0.15, 0.2) is 58.8 Å². The van der Waals surface area contributed by atoms with E-state index in [0.29, 0.717) is 41.3 Å². The summed E-state index contributed by atoms with van der Waals surface area (Å²) in [6, 6.07) is 12.1. The lowest BCUT2D eigenvalue weighted by Crippen LogP contribution is -2.19. The maximum Gasteiger partial charge on any atom is 0.254 e. The highest BCUT2D eigenvalue weighted by Crippen LogP contribution is 2.27. The number of nitrogens with one attached hydrogen (secondary N) is 3. The van der Waals surface area contributed by atoms with E-state index in [9.17, 15) is 9.59 Å². The molecule has 1 aromatic carbocycles. The Hall–Kier alpha value is -4.47. The number of anilines is 2. The number of hydrogen-bond donors (Lipinski definition) is 3. The number of nitrogens with zero attached hydrogens (tertiary/aromatic N) is 4. The van der Waals surface area contributed by atoms with Crippen molar-refractivity contribution in [3.63, 3.8) is 0 Å². The fourth-order valence-electron chi connectivity index (χ4n) is 3.91. The van der Waals surface area contributed by atoms with Crippen LogP contribution < -0.4 is 16.0 Å². The summed E-state index contributed by atoms with van der Waals surface area (Å²) in [7, 11) is 0. The number of rotatable bonds is 7. The number of amides is 2. The van der Waals surface area contributed by atoms with Crippen molar-refractivity contribution in [2.75, 3.05) is 10.6 Å². The highest BCUT2D eigenvalue weighted by atomic mass is 16.3. The number of carbonyl (C=O) groups excluding carboxylic acids is 2. The predicted octanol–water partition coefficient (Wildman–Crippen LogP) is 3.00. The normalized spacial score (nSPS) is 16.9. The van der Waals surface area contributed by atoms with Gasteiger partial charge in [-0.3, -0.25) is 14.9 Å². The lowest BCUT2D eigenvalue weighted by Gasteiger charge is -2.12. The molecule has 170 valence electrons. The molecule has 2 amide bonds. The number of imide groups is 1. The summed E-state index contributed by atoms with van der Waals surface area (Å²) in [6.07, 6.45) is 7.13. The molecule has 6 rings (SSSR count). The second kappa shape index (κ2) is 8.14. The number of fused-ring (bicyclic) bond motifs is 1. The first kappa shape index (κ1) is 20.2. The van der Waals surface area contributed by atoms with E-state index in [-0.39, 0.29) is 18.2 Å². The van der Waals surface area contributed by atoms with Gasteiger partial charge in [-0.2, -0.15) is 19.6 Å². The van der Waals surface area contributed by atoms with Gasteiger partial charge >= 0.3 is 0 Å². The first-order valence-electron chi connectivity index (χ1n) is 11.1. The molecule has 1 saturated carbocycles. The number of hydrogen-bond acceptors (Lipinski definition) is 8. The lowest BCUT2D eigenvalue weighted by molar-refractivity contribution is -0.124.